The summed E-state index contributed by atoms with van der Waals surface area (Å²) in [5.41, 5.74) is 5.19. The Labute approximate surface area is 239 Å². The summed E-state index contributed by atoms with van der Waals surface area (Å²) >= 11 is 0. The monoisotopic (exact) mass is 563 g/mol. The molecule has 3 fully saturated rings. The van der Waals surface area contributed by atoms with Crippen molar-refractivity contribution < 1.29 is 28.8 Å². The first kappa shape index (κ1) is 49.3. The third-order valence-electron chi connectivity index (χ3n) is 4.84. The minimum atomic E-state index is -0.128. The molecule has 3 saturated heterocycles. The van der Waals surface area contributed by atoms with Gasteiger partial charge >= 0.3 is 0 Å². The van der Waals surface area contributed by atoms with Crippen LogP contribution in [0.25, 0.3) is 0 Å². The molecule has 3 N–H and O–H groups in total. The van der Waals surface area contributed by atoms with Crippen LogP contribution < -0.4 is 11.1 Å². The van der Waals surface area contributed by atoms with Gasteiger partial charge in [-0.3, -0.25) is 43.5 Å². The minimum absolute atomic E-state index is 0. The fourth-order valence-corrected chi connectivity index (χ4v) is 3.25. The van der Waals surface area contributed by atoms with Crippen molar-refractivity contribution >= 4 is 35.4 Å². The van der Waals surface area contributed by atoms with Crippen LogP contribution in [0.4, 0.5) is 0 Å². The van der Waals surface area contributed by atoms with Crippen molar-refractivity contribution in [1.82, 2.24) is 20.0 Å². The Balaban J connectivity index is -0.000000118. The number of hydrogen-bond donors (Lipinski definition) is 2. The second kappa shape index (κ2) is 29.9. The number of amides is 6. The third kappa shape index (κ3) is 17.5. The standard InChI is InChI=1S/C12H17N3O4.C6H10N2O2.3C2H6.4CH4/c16-9-1-2-10(17)14(9)7-5-13-6-8-15-11(18)3-4-12(15)19;7-3-4-8-5(9)1-2-6(8)10;3*1-2;;;;/h13H,1-8H2;1-4,7H2;3*1-2H3;4*1H4. The lowest BCUT2D eigenvalue weighted by Gasteiger charge is -2.16. The first-order valence-electron chi connectivity index (χ1n) is 12.8. The van der Waals surface area contributed by atoms with Gasteiger partial charge in [-0.2, -0.15) is 0 Å². The molecule has 0 unspecified atom stereocenters. The summed E-state index contributed by atoms with van der Waals surface area (Å²) in [6, 6.07) is 0. The smallest absolute Gasteiger partial charge is 0.229 e. The molecule has 0 aromatic heterocycles. The molecular weight excluding hydrogens is 502 g/mol. The highest BCUT2D eigenvalue weighted by Gasteiger charge is 2.29. The molecule has 11 heteroatoms. The van der Waals surface area contributed by atoms with E-state index in [0.717, 1.165) is 0 Å². The summed E-state index contributed by atoms with van der Waals surface area (Å²) in [5, 5.41) is 3.03. The SMILES string of the molecule is C.C.C.C.CC.CC.CC.NCCN1C(=O)CCC1=O.O=C1CCC(=O)N1CCNCCN1C(=O)CCC1=O. The van der Waals surface area contributed by atoms with Gasteiger partial charge in [0.15, 0.2) is 0 Å². The van der Waals surface area contributed by atoms with Crippen molar-refractivity contribution in [2.45, 2.75) is 110 Å². The average Bonchev–Trinajstić information content (AvgIpc) is 3.50. The summed E-state index contributed by atoms with van der Waals surface area (Å²) in [5.74, 6) is -0.687. The zero-order valence-electron chi connectivity index (χ0n) is 22.4. The van der Waals surface area contributed by atoms with Crippen LogP contribution in [0.15, 0.2) is 0 Å². The van der Waals surface area contributed by atoms with Crippen molar-refractivity contribution in [1.29, 1.82) is 0 Å². The van der Waals surface area contributed by atoms with Crippen LogP contribution in [0.5, 0.6) is 0 Å². The van der Waals surface area contributed by atoms with E-state index in [1.54, 1.807) is 0 Å². The Morgan fingerprint density at radius 2 is 0.692 bits per heavy atom. The number of carbonyl (C=O) groups is 6. The molecule has 0 bridgehead atoms. The summed E-state index contributed by atoms with van der Waals surface area (Å²) in [6.07, 6.45) is 1.92. The molecule has 0 aromatic rings. The molecule has 0 spiro atoms. The number of nitrogens with one attached hydrogen (secondary N) is 1. The fourth-order valence-electron chi connectivity index (χ4n) is 3.25. The van der Waals surface area contributed by atoms with Gasteiger partial charge in [0.1, 0.15) is 0 Å². The van der Waals surface area contributed by atoms with Crippen molar-refractivity contribution in [3.8, 4) is 0 Å². The second-order valence-corrected chi connectivity index (χ2v) is 6.86. The molecule has 11 nitrogen and oxygen atoms in total. The number of carbonyl (C=O) groups excluding carboxylic acids is 6. The second-order valence-electron chi connectivity index (χ2n) is 6.86. The first-order chi connectivity index (χ1) is 16.8. The summed E-state index contributed by atoms with van der Waals surface area (Å²) in [7, 11) is 0. The van der Waals surface area contributed by atoms with E-state index in [-0.39, 0.29) is 65.1 Å². The largest absolute Gasteiger partial charge is 0.329 e. The molecule has 0 aliphatic carbocycles. The Hall–Kier alpha value is -2.66. The molecule has 3 heterocycles. The van der Waals surface area contributed by atoms with Gasteiger partial charge in [0.2, 0.25) is 35.4 Å². The number of likely N-dealkylation sites (tertiary alicyclic amines) is 3. The highest BCUT2D eigenvalue weighted by Crippen LogP contribution is 2.11. The fraction of sp³-hybridized carbons (Fsp3) is 0.786. The van der Waals surface area contributed by atoms with E-state index in [9.17, 15) is 28.8 Å². The predicted molar refractivity (Wildman–Crippen MR) is 161 cm³/mol. The topological polar surface area (TPSA) is 150 Å². The molecule has 3 rings (SSSR count). The van der Waals surface area contributed by atoms with Gasteiger partial charge in [0.05, 0.1) is 0 Å². The minimum Gasteiger partial charge on any atom is -0.329 e. The molecule has 0 saturated carbocycles. The molecule has 3 aliphatic heterocycles. The van der Waals surface area contributed by atoms with Crippen LogP contribution in [-0.4, -0.2) is 89.4 Å². The normalized spacial score (nSPS) is 15.0. The van der Waals surface area contributed by atoms with E-state index in [1.165, 1.54) is 14.7 Å². The molecule has 234 valence electrons. The summed E-state index contributed by atoms with van der Waals surface area (Å²) in [4.78, 5) is 70.7. The molecule has 6 amide bonds. The molecule has 0 atom stereocenters. The molecule has 0 aromatic carbocycles. The van der Waals surface area contributed by atoms with E-state index in [2.05, 4.69) is 5.32 Å². The molecule has 39 heavy (non-hydrogen) atoms. The first-order valence-corrected chi connectivity index (χ1v) is 12.8. The van der Waals surface area contributed by atoms with Crippen molar-refractivity contribution in [2.24, 2.45) is 5.73 Å². The van der Waals surface area contributed by atoms with Crippen LogP contribution in [0.2, 0.25) is 0 Å². The molecule has 0 radical (unpaired) electrons. The van der Waals surface area contributed by atoms with Crippen LogP contribution >= 0.6 is 0 Å². The van der Waals surface area contributed by atoms with Gasteiger partial charge in [-0.25, -0.2) is 0 Å². The Bertz CT molecular complexity index is 614. The quantitative estimate of drug-likeness (QED) is 0.336. The van der Waals surface area contributed by atoms with E-state index >= 15 is 0 Å². The van der Waals surface area contributed by atoms with E-state index < -0.39 is 0 Å². The summed E-state index contributed by atoms with van der Waals surface area (Å²) in [6.45, 7) is 14.4. The van der Waals surface area contributed by atoms with Crippen molar-refractivity contribution in [3.05, 3.63) is 0 Å². The van der Waals surface area contributed by atoms with Gasteiger partial charge in [-0.05, 0) is 0 Å². The summed E-state index contributed by atoms with van der Waals surface area (Å²) < 4.78 is 0. The number of rotatable bonds is 8. The zero-order chi connectivity index (χ0) is 27.4. The Morgan fingerprint density at radius 1 is 0.487 bits per heavy atom. The average molecular weight is 564 g/mol. The Kier molecular flexibility index (Phi) is 37.8. The van der Waals surface area contributed by atoms with Crippen LogP contribution in [-0.2, 0) is 28.8 Å². The van der Waals surface area contributed by atoms with Gasteiger partial charge in [0.25, 0.3) is 0 Å². The lowest BCUT2D eigenvalue weighted by Crippen LogP contribution is -2.39. The van der Waals surface area contributed by atoms with Gasteiger partial charge in [-0.15, -0.1) is 0 Å². The lowest BCUT2D eigenvalue weighted by molar-refractivity contribution is -0.139. The zero-order valence-corrected chi connectivity index (χ0v) is 22.4. The maximum Gasteiger partial charge on any atom is 0.229 e. The maximum atomic E-state index is 11.3. The number of nitrogens with two attached hydrogens (primary N) is 1. The van der Waals surface area contributed by atoms with E-state index in [0.29, 0.717) is 77.8 Å². The molecular formula is C28H61N5O6. The van der Waals surface area contributed by atoms with Gasteiger partial charge < -0.3 is 11.1 Å². The van der Waals surface area contributed by atoms with Crippen LogP contribution in [0, 0.1) is 0 Å². The van der Waals surface area contributed by atoms with E-state index in [4.69, 9.17) is 5.73 Å². The third-order valence-corrected chi connectivity index (χ3v) is 4.84. The molecule has 3 aliphatic rings. The Morgan fingerprint density at radius 3 is 0.897 bits per heavy atom. The number of nitrogens with zero attached hydrogens (tertiary/aromatic N) is 3. The van der Waals surface area contributed by atoms with Crippen LogP contribution in [0.1, 0.15) is 110 Å². The number of hydrogen-bond acceptors (Lipinski definition) is 8. The van der Waals surface area contributed by atoms with E-state index in [1.807, 2.05) is 41.5 Å². The van der Waals surface area contributed by atoms with Gasteiger partial charge in [0, 0.05) is 77.8 Å². The maximum absolute atomic E-state index is 11.3. The van der Waals surface area contributed by atoms with Gasteiger partial charge in [-0.1, -0.05) is 71.2 Å². The van der Waals surface area contributed by atoms with Crippen molar-refractivity contribution in [2.75, 3.05) is 39.3 Å². The highest BCUT2D eigenvalue weighted by molar-refractivity contribution is 6.03. The lowest BCUT2D eigenvalue weighted by atomic mass is 10.4. The highest BCUT2D eigenvalue weighted by atomic mass is 16.2. The predicted octanol–water partition coefficient (Wildman–Crippen LogP) is 3.59. The van der Waals surface area contributed by atoms with Crippen molar-refractivity contribution in [3.63, 3.8) is 0 Å². The number of imide groups is 3. The van der Waals surface area contributed by atoms with Crippen LogP contribution in [0.3, 0.4) is 0 Å².